The maximum atomic E-state index is 10.4. The minimum atomic E-state index is 0.572. The molecule has 0 bridgehead atoms. The normalized spacial score (nSPS) is 10.7. The van der Waals surface area contributed by atoms with Crippen LogP contribution in [0.2, 0.25) is 0 Å². The Morgan fingerprint density at radius 3 is 2.75 bits per heavy atom. The van der Waals surface area contributed by atoms with Crippen molar-refractivity contribution in [1.82, 2.24) is 0 Å². The highest BCUT2D eigenvalue weighted by atomic mass is 16.6. The Hall–Kier alpha value is -2.34. The minimum Gasteiger partial charge on any atom is -0.298 e. The average molecular weight is 214 g/mol. The van der Waals surface area contributed by atoms with Gasteiger partial charge < -0.3 is 0 Å². The quantitative estimate of drug-likeness (QED) is 0.254. The van der Waals surface area contributed by atoms with Crippen LogP contribution < -0.4 is 4.84 Å². The fourth-order valence-corrected chi connectivity index (χ4v) is 0.928. The van der Waals surface area contributed by atoms with Gasteiger partial charge in [0.2, 0.25) is 10.8 Å². The Morgan fingerprint density at radius 2 is 2.12 bits per heavy atom. The first-order valence-electron chi connectivity index (χ1n) is 4.82. The summed E-state index contributed by atoms with van der Waals surface area (Å²) >= 11 is 0. The van der Waals surface area contributed by atoms with Gasteiger partial charge in [-0.15, -0.1) is 4.84 Å². The minimum absolute atomic E-state index is 0.572. The van der Waals surface area contributed by atoms with Crippen LogP contribution in [0.4, 0.5) is 0 Å². The molecule has 0 unspecified atom stereocenters. The monoisotopic (exact) mass is 214 g/mol. The van der Waals surface area contributed by atoms with E-state index in [1.165, 1.54) is 6.08 Å². The van der Waals surface area contributed by atoms with Crippen molar-refractivity contribution in [2.45, 2.75) is 6.92 Å². The second kappa shape index (κ2) is 7.02. The van der Waals surface area contributed by atoms with Crippen LogP contribution in [-0.2, 0) is 4.79 Å². The summed E-state index contributed by atoms with van der Waals surface area (Å²) in [6, 6.07) is 11.7. The van der Waals surface area contributed by atoms with Crippen molar-refractivity contribution < 1.29 is 9.63 Å². The van der Waals surface area contributed by atoms with E-state index in [0.29, 0.717) is 11.3 Å². The molecule has 0 aromatic heterocycles. The first-order chi connectivity index (χ1) is 7.86. The lowest BCUT2D eigenvalue weighted by molar-refractivity contribution is -0.104. The van der Waals surface area contributed by atoms with Gasteiger partial charge in [0.25, 0.3) is 0 Å². The molecule has 3 heteroatoms. The number of allylic oxidation sites excluding steroid dienone is 4. The number of nitrogens with zero attached hydrogens (tertiary/aromatic N) is 1. The predicted octanol–water partition coefficient (Wildman–Crippen LogP) is 3.01. The molecule has 0 radical (unpaired) electrons. The van der Waals surface area contributed by atoms with Gasteiger partial charge >= 0.3 is 6.07 Å². The average Bonchev–Trinajstić information content (AvgIpc) is 2.35. The third kappa shape index (κ3) is 4.25. The van der Waals surface area contributed by atoms with Gasteiger partial charge in [-0.1, -0.05) is 24.3 Å². The molecule has 0 atom stereocenters. The van der Waals surface area contributed by atoms with Crippen molar-refractivity contribution in [3.05, 3.63) is 59.1 Å². The molecule has 0 heterocycles. The summed E-state index contributed by atoms with van der Waals surface area (Å²) in [6.07, 6.45) is 5.58. The molecule has 3 nitrogen and oxygen atoms in total. The lowest BCUT2D eigenvalue weighted by Gasteiger charge is -1.82. The second-order valence-corrected chi connectivity index (χ2v) is 2.86. The highest BCUT2D eigenvalue weighted by Gasteiger charge is 1.94. The molecule has 0 N–H and O–H groups in total. The van der Waals surface area contributed by atoms with E-state index >= 15 is 0 Å². The number of para-hydroxylation sites is 1. The number of hydrogen-bond acceptors (Lipinski definition) is 2. The van der Waals surface area contributed by atoms with Crippen LogP contribution in [0.3, 0.4) is 0 Å². The predicted molar refractivity (Wildman–Crippen MR) is 63.3 cm³/mol. The molecule has 0 amide bonds. The summed E-state index contributed by atoms with van der Waals surface area (Å²) in [6.45, 7) is 1.78. The van der Waals surface area contributed by atoms with Crippen LogP contribution in [0.25, 0.3) is 5.01 Å². The van der Waals surface area contributed by atoms with E-state index in [0.717, 1.165) is 6.29 Å². The van der Waals surface area contributed by atoms with Crippen molar-refractivity contribution in [2.75, 3.05) is 0 Å². The Bertz CT molecular complexity index is 450. The fourth-order valence-electron chi connectivity index (χ4n) is 0.928. The van der Waals surface area contributed by atoms with E-state index in [2.05, 4.69) is 11.1 Å². The van der Waals surface area contributed by atoms with Gasteiger partial charge in [0.1, 0.15) is 6.29 Å². The van der Waals surface area contributed by atoms with Crippen LogP contribution >= 0.6 is 0 Å². The highest BCUT2D eigenvalue weighted by molar-refractivity contribution is 5.77. The lowest BCUT2D eigenvalue weighted by atomic mass is 10.2. The Balaban J connectivity index is 2.48. The van der Waals surface area contributed by atoms with Gasteiger partial charge in [-0.25, -0.2) is 0 Å². The van der Waals surface area contributed by atoms with Gasteiger partial charge in [-0.3, -0.25) is 4.79 Å². The maximum Gasteiger partial charge on any atom is 0.380 e. The Morgan fingerprint density at radius 1 is 1.38 bits per heavy atom. The third-order valence-electron chi connectivity index (χ3n) is 1.77. The summed E-state index contributed by atoms with van der Waals surface area (Å²) in [5, 5.41) is 3.60. The van der Waals surface area contributed by atoms with Crippen LogP contribution in [0.15, 0.2) is 54.1 Å². The third-order valence-corrected chi connectivity index (χ3v) is 1.77. The van der Waals surface area contributed by atoms with Gasteiger partial charge in [-0.2, -0.15) is 0 Å². The molecule has 0 aliphatic heterocycles. The molecule has 0 aliphatic carbocycles. The molecule has 1 rings (SSSR count). The van der Waals surface area contributed by atoms with Crippen molar-refractivity contribution in [1.29, 1.82) is 0 Å². The number of rotatable bonds is 3. The molecule has 0 spiro atoms. The molecule has 0 saturated heterocycles. The molecule has 1 aromatic rings. The molecular weight excluding hydrogens is 202 g/mol. The molecule has 1 aromatic carbocycles. The van der Waals surface area contributed by atoms with Gasteiger partial charge in [-0.05, 0) is 25.1 Å². The van der Waals surface area contributed by atoms with Crippen LogP contribution in [0.1, 0.15) is 6.92 Å². The first kappa shape index (κ1) is 11.7. The zero-order chi connectivity index (χ0) is 11.6. The number of carbonyl (C=O) groups is 1. The number of aldehydes is 1. The second-order valence-electron chi connectivity index (χ2n) is 2.86. The number of hydrogen-bond donors (Lipinski definition) is 0. The van der Waals surface area contributed by atoms with Crippen LogP contribution in [0, 0.1) is 6.07 Å². The standard InChI is InChI=1S/C13H12NO2/c1-2-12(11-15)7-6-10-14-16-13-8-4-3-5-9-13/h2-9,11H,1H3/q+1/b7-6-,12-2+. The van der Waals surface area contributed by atoms with E-state index in [1.54, 1.807) is 31.2 Å². The topological polar surface area (TPSA) is 30.7 Å². The Kier molecular flexibility index (Phi) is 5.15. The molecule has 16 heavy (non-hydrogen) atoms. The van der Waals surface area contributed by atoms with Gasteiger partial charge in [0.15, 0.2) is 0 Å². The molecular formula is C13H12NO2+. The molecule has 0 aliphatic rings. The van der Waals surface area contributed by atoms with E-state index < -0.39 is 0 Å². The summed E-state index contributed by atoms with van der Waals surface area (Å²) in [5.74, 6) is 0.644. The smallest absolute Gasteiger partial charge is 0.298 e. The zero-order valence-corrected chi connectivity index (χ0v) is 8.96. The Labute approximate surface area is 94.4 Å². The lowest BCUT2D eigenvalue weighted by Crippen LogP contribution is -1.77. The van der Waals surface area contributed by atoms with Gasteiger partial charge in [0, 0.05) is 5.57 Å². The number of carbonyl (C=O) groups excluding carboxylic acids is 1. The van der Waals surface area contributed by atoms with Crippen molar-refractivity contribution in [2.24, 2.45) is 0 Å². The first-order valence-corrected chi connectivity index (χ1v) is 4.82. The van der Waals surface area contributed by atoms with E-state index in [4.69, 9.17) is 4.84 Å². The summed E-state index contributed by atoms with van der Waals surface area (Å²) in [5.41, 5.74) is 0.572. The van der Waals surface area contributed by atoms with Crippen molar-refractivity contribution in [3.8, 4) is 11.8 Å². The van der Waals surface area contributed by atoms with Crippen molar-refractivity contribution >= 4 is 6.29 Å². The summed E-state index contributed by atoms with van der Waals surface area (Å²) in [7, 11) is 0. The highest BCUT2D eigenvalue weighted by Crippen LogP contribution is 2.07. The van der Waals surface area contributed by atoms with E-state index in [9.17, 15) is 4.79 Å². The zero-order valence-electron chi connectivity index (χ0n) is 8.96. The largest absolute Gasteiger partial charge is 0.380 e. The SMILES string of the molecule is C/C=C(C=O)\C=C/C#[N+]Oc1ccccc1. The fraction of sp³-hybridized carbons (Fsp3) is 0.0769. The van der Waals surface area contributed by atoms with E-state index in [1.807, 2.05) is 18.2 Å². The maximum absolute atomic E-state index is 10.4. The molecule has 80 valence electrons. The summed E-state index contributed by atoms with van der Waals surface area (Å²) < 4.78 is 0. The molecule has 0 saturated carbocycles. The summed E-state index contributed by atoms with van der Waals surface area (Å²) in [4.78, 5) is 15.4. The van der Waals surface area contributed by atoms with Crippen LogP contribution in [0.5, 0.6) is 5.75 Å². The molecule has 0 fully saturated rings. The van der Waals surface area contributed by atoms with E-state index in [-0.39, 0.29) is 0 Å². The van der Waals surface area contributed by atoms with Crippen molar-refractivity contribution in [3.63, 3.8) is 0 Å². The number of benzene rings is 1. The van der Waals surface area contributed by atoms with Crippen LogP contribution in [-0.4, -0.2) is 6.29 Å². The van der Waals surface area contributed by atoms with Gasteiger partial charge in [0.05, 0.1) is 6.08 Å².